The van der Waals surface area contributed by atoms with E-state index in [1.807, 2.05) is 13.0 Å². The van der Waals surface area contributed by atoms with E-state index in [2.05, 4.69) is 25.5 Å². The lowest BCUT2D eigenvalue weighted by atomic mass is 10.0. The number of pyridine rings is 2. The second-order valence-corrected chi connectivity index (χ2v) is 8.05. The first-order valence-electron chi connectivity index (χ1n) is 9.31. The maximum absolute atomic E-state index is 13.1. The molecule has 0 spiro atoms. The average molecular weight is 468 g/mol. The molecule has 11 heteroatoms. The summed E-state index contributed by atoms with van der Waals surface area (Å²) >= 11 is 7.18. The third-order valence-corrected chi connectivity index (χ3v) is 5.52. The molecule has 5 rings (SSSR count). The van der Waals surface area contributed by atoms with Crippen LogP contribution in [0.3, 0.4) is 0 Å². The lowest BCUT2D eigenvalue weighted by molar-refractivity contribution is 0.102. The number of nitrogens with zero attached hydrogens (tertiary/aromatic N) is 4. The number of halogens is 1. The first-order valence-corrected chi connectivity index (χ1v) is 10.5. The molecule has 160 valence electrons. The third kappa shape index (κ3) is 3.81. The molecule has 5 heterocycles. The van der Waals surface area contributed by atoms with Crippen LogP contribution in [0.2, 0.25) is 5.15 Å². The number of amides is 1. The fraction of sp³-hybridized carbons (Fsp3) is 0.0952. The van der Waals surface area contributed by atoms with Crippen molar-refractivity contribution >= 4 is 45.1 Å². The van der Waals surface area contributed by atoms with Crippen LogP contribution in [-0.4, -0.2) is 33.2 Å². The molecule has 0 radical (unpaired) electrons. The number of carbonyl (C=O) groups excluding carboxylic acids is 1. The summed E-state index contributed by atoms with van der Waals surface area (Å²) in [6.45, 7) is 1.83. The number of hydrogen-bond acceptors (Lipinski definition) is 9. The average Bonchev–Trinajstić information content (AvgIpc) is 3.51. The van der Waals surface area contributed by atoms with E-state index >= 15 is 0 Å². The lowest BCUT2D eigenvalue weighted by Gasteiger charge is -2.13. The Hall–Kier alpha value is -3.76. The summed E-state index contributed by atoms with van der Waals surface area (Å²) in [7, 11) is 1.52. The second kappa shape index (κ2) is 8.06. The van der Waals surface area contributed by atoms with Gasteiger partial charge in [0.2, 0.25) is 5.13 Å². The molecule has 0 saturated heterocycles. The molecule has 5 aromatic rings. The van der Waals surface area contributed by atoms with Gasteiger partial charge in [-0.05, 0) is 42.5 Å². The Morgan fingerprint density at radius 2 is 1.97 bits per heavy atom. The lowest BCUT2D eigenvalue weighted by Crippen LogP contribution is -2.14. The van der Waals surface area contributed by atoms with Crippen molar-refractivity contribution in [1.29, 1.82) is 0 Å². The molecule has 0 atom stereocenters. The zero-order chi connectivity index (χ0) is 22.2. The number of carbonyl (C=O) groups is 1. The Kier molecular flexibility index (Phi) is 5.08. The summed E-state index contributed by atoms with van der Waals surface area (Å²) < 4.78 is 16.5. The van der Waals surface area contributed by atoms with Crippen LogP contribution in [0.4, 0.5) is 5.13 Å². The zero-order valence-electron chi connectivity index (χ0n) is 16.7. The largest absolute Gasteiger partial charge is 0.494 e. The Balaban J connectivity index is 1.41. The molecule has 32 heavy (non-hydrogen) atoms. The number of hydrogen-bond donors (Lipinski definition) is 1. The minimum absolute atomic E-state index is 0.272. The van der Waals surface area contributed by atoms with Gasteiger partial charge in [-0.15, -0.1) is 5.10 Å². The van der Waals surface area contributed by atoms with Crippen LogP contribution in [0.1, 0.15) is 16.1 Å². The maximum atomic E-state index is 13.1. The second-order valence-electron chi connectivity index (χ2n) is 6.72. The van der Waals surface area contributed by atoms with Crippen molar-refractivity contribution in [3.63, 3.8) is 0 Å². The number of benzene rings is 1. The van der Waals surface area contributed by atoms with Crippen molar-refractivity contribution in [3.8, 4) is 27.8 Å². The van der Waals surface area contributed by atoms with Gasteiger partial charge in [0.25, 0.3) is 5.91 Å². The Morgan fingerprint density at radius 1 is 1.09 bits per heavy atom. The molecule has 0 aliphatic rings. The number of aromatic nitrogens is 4. The van der Waals surface area contributed by atoms with Gasteiger partial charge in [-0.25, -0.2) is 4.98 Å². The molecule has 1 amide bonds. The van der Waals surface area contributed by atoms with Crippen molar-refractivity contribution in [2.75, 3.05) is 12.4 Å². The van der Waals surface area contributed by atoms with Crippen LogP contribution < -0.4 is 14.8 Å². The van der Waals surface area contributed by atoms with Crippen LogP contribution in [0.5, 0.6) is 16.7 Å². The molecule has 0 aliphatic carbocycles. The molecule has 1 N–H and O–H groups in total. The number of nitrogens with one attached hydrogen (secondary N) is 1. The highest BCUT2D eigenvalue weighted by molar-refractivity contribution is 7.17. The van der Waals surface area contributed by atoms with Crippen LogP contribution in [0.15, 0.2) is 47.1 Å². The summed E-state index contributed by atoms with van der Waals surface area (Å²) in [5.74, 6) is 0.607. The molecule has 0 saturated carbocycles. The minimum atomic E-state index is -0.416. The first kappa shape index (κ1) is 20.2. The van der Waals surface area contributed by atoms with Gasteiger partial charge in [-0.3, -0.25) is 15.1 Å². The highest BCUT2D eigenvalue weighted by Crippen LogP contribution is 2.36. The van der Waals surface area contributed by atoms with Crippen LogP contribution in [0.25, 0.3) is 22.3 Å². The van der Waals surface area contributed by atoms with Crippen molar-refractivity contribution in [2.45, 2.75) is 6.92 Å². The Bertz CT molecular complexity index is 1430. The molecule has 0 fully saturated rings. The zero-order valence-corrected chi connectivity index (χ0v) is 18.3. The minimum Gasteiger partial charge on any atom is -0.494 e. The first-order chi connectivity index (χ1) is 15.5. The number of fused-ring (bicyclic) bond motifs is 2. The highest BCUT2D eigenvalue weighted by atomic mass is 35.5. The van der Waals surface area contributed by atoms with Gasteiger partial charge in [0, 0.05) is 29.1 Å². The van der Waals surface area contributed by atoms with Crippen molar-refractivity contribution in [3.05, 3.63) is 59.1 Å². The van der Waals surface area contributed by atoms with Crippen molar-refractivity contribution in [2.24, 2.45) is 0 Å². The fourth-order valence-electron chi connectivity index (χ4n) is 3.16. The van der Waals surface area contributed by atoms with Gasteiger partial charge in [0.05, 0.1) is 18.9 Å². The van der Waals surface area contributed by atoms with Crippen LogP contribution in [-0.2, 0) is 0 Å². The van der Waals surface area contributed by atoms with Gasteiger partial charge in [-0.2, -0.15) is 0 Å². The van der Waals surface area contributed by atoms with E-state index in [-0.39, 0.29) is 15.5 Å². The van der Waals surface area contributed by atoms with Crippen LogP contribution >= 0.6 is 22.9 Å². The number of anilines is 1. The number of furan rings is 2. The predicted molar refractivity (Wildman–Crippen MR) is 119 cm³/mol. The molecule has 0 unspecified atom stereocenters. The molecule has 0 aliphatic heterocycles. The highest BCUT2D eigenvalue weighted by Gasteiger charge is 2.20. The summed E-state index contributed by atoms with van der Waals surface area (Å²) in [6, 6.07) is 8.82. The smallest absolute Gasteiger partial charge is 0.301 e. The molecule has 5 aromatic heterocycles. The summed E-state index contributed by atoms with van der Waals surface area (Å²) in [5.41, 5.74) is 3.58. The SMILES string of the molecule is COc1cnc(Cl)cc1-c1cc(C)ncc1C(=O)Nc1nnc(Oc2cc3ccc2o3)s1. The molecule has 2 bridgehead atoms. The van der Waals surface area contributed by atoms with Crippen molar-refractivity contribution in [1.82, 2.24) is 20.2 Å². The van der Waals surface area contributed by atoms with Crippen molar-refractivity contribution < 1.29 is 18.7 Å². The summed E-state index contributed by atoms with van der Waals surface area (Å²) in [6.07, 6.45) is 2.99. The van der Waals surface area contributed by atoms with E-state index in [1.54, 1.807) is 24.3 Å². The van der Waals surface area contributed by atoms with Gasteiger partial charge < -0.3 is 13.9 Å². The standard InChI is InChI=1S/C21H14ClN5O4S/c1-10-5-12(13-7-18(22)24-9-17(13)29-2)14(8-23-10)19(28)25-20-26-27-21(32-20)31-16-6-11-3-4-15(16)30-11/h3-9H,1-2H3,(H,25,26,28). The Morgan fingerprint density at radius 3 is 2.72 bits per heavy atom. The summed E-state index contributed by atoms with van der Waals surface area (Å²) in [5, 5.41) is 11.5. The maximum Gasteiger partial charge on any atom is 0.301 e. The number of methoxy groups -OCH3 is 1. The molecule has 0 aromatic carbocycles. The van der Waals surface area contributed by atoms with Crippen LogP contribution in [0, 0.1) is 6.92 Å². The molecule has 9 nitrogen and oxygen atoms in total. The van der Waals surface area contributed by atoms with Gasteiger partial charge >= 0.3 is 5.19 Å². The Labute approximate surface area is 190 Å². The normalized spacial score (nSPS) is 11.1. The fourth-order valence-corrected chi connectivity index (χ4v) is 3.92. The third-order valence-electron chi connectivity index (χ3n) is 4.60. The molecular formula is C21H14ClN5O4S. The van der Waals surface area contributed by atoms with Gasteiger partial charge in [-0.1, -0.05) is 16.7 Å². The van der Waals surface area contributed by atoms with Gasteiger partial charge in [0.15, 0.2) is 11.3 Å². The number of aryl methyl sites for hydroxylation is 1. The van der Waals surface area contributed by atoms with E-state index in [0.29, 0.717) is 39.4 Å². The van der Waals surface area contributed by atoms with E-state index in [4.69, 9.17) is 25.5 Å². The quantitative estimate of drug-likeness (QED) is 0.339. The summed E-state index contributed by atoms with van der Waals surface area (Å²) in [4.78, 5) is 21.4. The monoisotopic (exact) mass is 467 g/mol. The number of rotatable bonds is 6. The van der Waals surface area contributed by atoms with E-state index in [9.17, 15) is 4.79 Å². The molecular weight excluding hydrogens is 454 g/mol. The topological polar surface area (TPSA) is 112 Å². The van der Waals surface area contributed by atoms with Gasteiger partial charge in [0.1, 0.15) is 16.5 Å². The van der Waals surface area contributed by atoms with E-state index < -0.39 is 5.91 Å². The predicted octanol–water partition coefficient (Wildman–Crippen LogP) is 5.19. The number of ether oxygens (including phenoxy) is 2. The van der Waals surface area contributed by atoms with E-state index in [0.717, 1.165) is 17.0 Å². The van der Waals surface area contributed by atoms with E-state index in [1.165, 1.54) is 19.5 Å².